The highest BCUT2D eigenvalue weighted by molar-refractivity contribution is 7.89. The van der Waals surface area contributed by atoms with E-state index in [-0.39, 0.29) is 13.0 Å². The molecule has 0 bridgehead atoms. The number of halogens is 1. The highest BCUT2D eigenvalue weighted by Gasteiger charge is 2.37. The van der Waals surface area contributed by atoms with Crippen LogP contribution in [-0.2, 0) is 19.6 Å². The van der Waals surface area contributed by atoms with Crippen LogP contribution in [0.5, 0.6) is 0 Å². The fourth-order valence-electron chi connectivity index (χ4n) is 2.44. The summed E-state index contributed by atoms with van der Waals surface area (Å²) < 4.78 is 44.6. The standard InChI is InChI=1S/C13H17FN2O4S/c1-20-12(17)9-10-5-2-3-8-16(10)21(18,19)13-11(14)6-4-7-15-13/h4,6-7,10H,2-3,5,8-9H2,1H3. The Hall–Kier alpha value is -1.54. The number of ether oxygens (including phenoxy) is 1. The molecule has 1 aromatic heterocycles. The molecule has 0 aliphatic carbocycles. The number of carbonyl (C=O) groups is 1. The zero-order valence-electron chi connectivity index (χ0n) is 11.7. The summed E-state index contributed by atoms with van der Waals surface area (Å²) in [5.74, 6) is -1.37. The minimum Gasteiger partial charge on any atom is -0.469 e. The second-order valence-corrected chi connectivity index (χ2v) is 6.64. The lowest BCUT2D eigenvalue weighted by Crippen LogP contribution is -2.45. The molecular formula is C13H17FN2O4S. The Balaban J connectivity index is 2.32. The third kappa shape index (κ3) is 3.38. The summed E-state index contributed by atoms with van der Waals surface area (Å²) in [4.78, 5) is 15.1. The molecule has 0 aromatic carbocycles. The molecule has 8 heteroatoms. The predicted octanol–water partition coefficient (Wildman–Crippen LogP) is 1.33. The van der Waals surface area contributed by atoms with E-state index in [1.54, 1.807) is 0 Å². The van der Waals surface area contributed by atoms with Gasteiger partial charge in [-0.25, -0.2) is 17.8 Å². The molecule has 2 heterocycles. The Morgan fingerprint density at radius 3 is 2.95 bits per heavy atom. The van der Waals surface area contributed by atoms with E-state index in [2.05, 4.69) is 9.72 Å². The van der Waals surface area contributed by atoms with Gasteiger partial charge in [0.1, 0.15) is 0 Å². The summed E-state index contributed by atoms with van der Waals surface area (Å²) in [5, 5.41) is -0.596. The Morgan fingerprint density at radius 1 is 1.52 bits per heavy atom. The van der Waals surface area contributed by atoms with E-state index >= 15 is 0 Å². The van der Waals surface area contributed by atoms with Crippen LogP contribution in [0.3, 0.4) is 0 Å². The molecule has 0 spiro atoms. The number of carbonyl (C=O) groups excluding carboxylic acids is 1. The summed E-state index contributed by atoms with van der Waals surface area (Å²) in [6, 6.07) is 1.87. The number of aromatic nitrogens is 1. The van der Waals surface area contributed by atoms with Crippen molar-refractivity contribution in [1.29, 1.82) is 0 Å². The molecule has 1 atom stereocenters. The molecule has 1 saturated heterocycles. The van der Waals surface area contributed by atoms with Crippen LogP contribution in [0, 0.1) is 5.82 Å². The topological polar surface area (TPSA) is 76.6 Å². The number of sulfonamides is 1. The van der Waals surface area contributed by atoms with Crippen molar-refractivity contribution >= 4 is 16.0 Å². The van der Waals surface area contributed by atoms with E-state index in [1.165, 1.54) is 23.7 Å². The zero-order valence-corrected chi connectivity index (χ0v) is 12.5. The monoisotopic (exact) mass is 316 g/mol. The van der Waals surface area contributed by atoms with Gasteiger partial charge in [0.25, 0.3) is 10.0 Å². The molecule has 1 aliphatic heterocycles. The van der Waals surface area contributed by atoms with Gasteiger partial charge >= 0.3 is 5.97 Å². The SMILES string of the molecule is COC(=O)CC1CCCCN1S(=O)(=O)c1ncccc1F. The van der Waals surface area contributed by atoms with Crippen LogP contribution in [0.15, 0.2) is 23.4 Å². The molecular weight excluding hydrogens is 299 g/mol. The number of pyridine rings is 1. The highest BCUT2D eigenvalue weighted by atomic mass is 32.2. The number of nitrogens with zero attached hydrogens (tertiary/aromatic N) is 2. The summed E-state index contributed by atoms with van der Waals surface area (Å²) in [7, 11) is -2.80. The van der Waals surface area contributed by atoms with E-state index in [0.717, 1.165) is 12.5 Å². The van der Waals surface area contributed by atoms with Crippen molar-refractivity contribution in [2.45, 2.75) is 36.8 Å². The van der Waals surface area contributed by atoms with Gasteiger partial charge in [0.2, 0.25) is 5.03 Å². The molecule has 0 saturated carbocycles. The summed E-state index contributed by atoms with van der Waals surface area (Å²) in [6.45, 7) is 0.250. The molecule has 6 nitrogen and oxygen atoms in total. The molecule has 0 radical (unpaired) electrons. The number of methoxy groups -OCH3 is 1. The molecule has 1 unspecified atom stereocenters. The molecule has 2 rings (SSSR count). The van der Waals surface area contributed by atoms with Crippen molar-refractivity contribution < 1.29 is 22.3 Å². The molecule has 0 N–H and O–H groups in total. The zero-order chi connectivity index (χ0) is 15.5. The van der Waals surface area contributed by atoms with Gasteiger partial charge in [-0.1, -0.05) is 6.42 Å². The third-order valence-corrected chi connectivity index (χ3v) is 5.37. The van der Waals surface area contributed by atoms with E-state index in [1.807, 2.05) is 0 Å². The second kappa shape index (κ2) is 6.48. The lowest BCUT2D eigenvalue weighted by atomic mass is 10.0. The van der Waals surface area contributed by atoms with Crippen LogP contribution >= 0.6 is 0 Å². The van der Waals surface area contributed by atoms with Gasteiger partial charge in [-0.15, -0.1) is 0 Å². The summed E-state index contributed by atoms with van der Waals surface area (Å²) >= 11 is 0. The summed E-state index contributed by atoms with van der Waals surface area (Å²) in [5.41, 5.74) is 0. The number of rotatable bonds is 4. The largest absolute Gasteiger partial charge is 0.469 e. The summed E-state index contributed by atoms with van der Waals surface area (Å²) in [6.07, 6.45) is 3.23. The Kier molecular flexibility index (Phi) is 4.89. The molecule has 21 heavy (non-hydrogen) atoms. The molecule has 1 fully saturated rings. The number of hydrogen-bond acceptors (Lipinski definition) is 5. The van der Waals surface area contributed by atoms with Crippen LogP contribution in [0.25, 0.3) is 0 Å². The van der Waals surface area contributed by atoms with Gasteiger partial charge in [0.05, 0.1) is 13.5 Å². The van der Waals surface area contributed by atoms with Gasteiger partial charge < -0.3 is 4.74 Å². The predicted molar refractivity (Wildman–Crippen MR) is 72.4 cm³/mol. The number of hydrogen-bond donors (Lipinski definition) is 0. The van der Waals surface area contributed by atoms with Crippen molar-refractivity contribution in [1.82, 2.24) is 9.29 Å². The highest BCUT2D eigenvalue weighted by Crippen LogP contribution is 2.27. The molecule has 116 valence electrons. The lowest BCUT2D eigenvalue weighted by molar-refractivity contribution is -0.141. The number of esters is 1. The Morgan fingerprint density at radius 2 is 2.29 bits per heavy atom. The second-order valence-electron chi connectivity index (χ2n) is 4.84. The van der Waals surface area contributed by atoms with E-state index < -0.39 is 32.9 Å². The molecule has 1 aromatic rings. The normalized spacial score (nSPS) is 20.2. The first-order valence-corrected chi connectivity index (χ1v) is 8.10. The van der Waals surface area contributed by atoms with Crippen molar-refractivity contribution in [3.63, 3.8) is 0 Å². The minimum absolute atomic E-state index is 0.0375. The smallest absolute Gasteiger partial charge is 0.307 e. The fraction of sp³-hybridized carbons (Fsp3) is 0.538. The lowest BCUT2D eigenvalue weighted by Gasteiger charge is -2.33. The van der Waals surface area contributed by atoms with Crippen LogP contribution in [-0.4, -0.2) is 43.4 Å². The van der Waals surface area contributed by atoms with E-state index in [4.69, 9.17) is 0 Å². The first kappa shape index (κ1) is 15.8. The average Bonchev–Trinajstić information content (AvgIpc) is 2.47. The molecule has 0 amide bonds. The molecule has 1 aliphatic rings. The Labute approximate surface area is 123 Å². The van der Waals surface area contributed by atoms with Crippen molar-refractivity contribution in [2.24, 2.45) is 0 Å². The average molecular weight is 316 g/mol. The first-order valence-electron chi connectivity index (χ1n) is 6.66. The van der Waals surface area contributed by atoms with Gasteiger partial charge in [-0.3, -0.25) is 4.79 Å². The van der Waals surface area contributed by atoms with Crippen LogP contribution in [0.1, 0.15) is 25.7 Å². The van der Waals surface area contributed by atoms with Crippen LogP contribution < -0.4 is 0 Å². The van der Waals surface area contributed by atoms with Gasteiger partial charge in [-0.05, 0) is 25.0 Å². The quantitative estimate of drug-likeness (QED) is 0.783. The van der Waals surface area contributed by atoms with Crippen LogP contribution in [0.4, 0.5) is 4.39 Å². The maximum absolute atomic E-state index is 13.7. The van der Waals surface area contributed by atoms with E-state index in [0.29, 0.717) is 12.8 Å². The number of piperidine rings is 1. The van der Waals surface area contributed by atoms with Crippen molar-refractivity contribution in [2.75, 3.05) is 13.7 Å². The van der Waals surface area contributed by atoms with Gasteiger partial charge in [-0.2, -0.15) is 4.31 Å². The van der Waals surface area contributed by atoms with Gasteiger partial charge in [0.15, 0.2) is 5.82 Å². The van der Waals surface area contributed by atoms with Crippen molar-refractivity contribution in [3.8, 4) is 0 Å². The van der Waals surface area contributed by atoms with Gasteiger partial charge in [0, 0.05) is 18.8 Å². The van der Waals surface area contributed by atoms with Crippen LogP contribution in [0.2, 0.25) is 0 Å². The maximum atomic E-state index is 13.7. The Bertz CT molecular complexity index is 620. The fourth-order valence-corrected chi connectivity index (χ4v) is 4.11. The maximum Gasteiger partial charge on any atom is 0.307 e. The van der Waals surface area contributed by atoms with E-state index in [9.17, 15) is 17.6 Å². The first-order chi connectivity index (χ1) is 9.96. The minimum atomic E-state index is -4.06. The van der Waals surface area contributed by atoms with Crippen molar-refractivity contribution in [3.05, 3.63) is 24.1 Å². The third-order valence-electron chi connectivity index (χ3n) is 3.48.